The second-order valence-corrected chi connectivity index (χ2v) is 4.17. The minimum atomic E-state index is 0.768. The second-order valence-electron chi connectivity index (χ2n) is 4.17. The summed E-state index contributed by atoms with van der Waals surface area (Å²) in [6.45, 7) is 6.86. The zero-order chi connectivity index (χ0) is 12.5. The molecule has 0 aliphatic heterocycles. The second kappa shape index (κ2) is 7.98. The van der Waals surface area contributed by atoms with Gasteiger partial charge in [0, 0.05) is 26.0 Å². The molecule has 0 aliphatic rings. The molecule has 1 heterocycles. The van der Waals surface area contributed by atoms with Crippen molar-refractivity contribution in [2.45, 2.75) is 20.3 Å². The molecule has 1 aromatic heterocycles. The van der Waals surface area contributed by atoms with Crippen LogP contribution in [0.15, 0.2) is 24.5 Å². The van der Waals surface area contributed by atoms with E-state index >= 15 is 0 Å². The van der Waals surface area contributed by atoms with Crippen molar-refractivity contribution in [3.8, 4) is 0 Å². The van der Waals surface area contributed by atoms with Gasteiger partial charge in [0.2, 0.25) is 0 Å². The highest BCUT2D eigenvalue weighted by Crippen LogP contribution is 2.13. The lowest BCUT2D eigenvalue weighted by Crippen LogP contribution is -2.19. The zero-order valence-corrected chi connectivity index (χ0v) is 11.0. The maximum atomic E-state index is 4.97. The molecule has 17 heavy (non-hydrogen) atoms. The van der Waals surface area contributed by atoms with Gasteiger partial charge in [0.1, 0.15) is 0 Å². The molecule has 0 unspecified atom stereocenters. The van der Waals surface area contributed by atoms with Gasteiger partial charge in [0.25, 0.3) is 0 Å². The molecule has 1 aromatic rings. The maximum absolute atomic E-state index is 4.97. The van der Waals surface area contributed by atoms with Crippen LogP contribution in [0.4, 0.5) is 0 Å². The smallest absolute Gasteiger partial charge is 0.0587 e. The highest BCUT2D eigenvalue weighted by atomic mass is 16.5. The minimum absolute atomic E-state index is 0.768. The Labute approximate surface area is 104 Å². The van der Waals surface area contributed by atoms with Gasteiger partial charge in [-0.15, -0.1) is 0 Å². The van der Waals surface area contributed by atoms with E-state index in [9.17, 15) is 0 Å². The molecule has 0 saturated carbocycles. The highest BCUT2D eigenvalue weighted by molar-refractivity contribution is 5.63. The molecule has 0 spiro atoms. The predicted octanol–water partition coefficient (Wildman–Crippen LogP) is 2.42. The number of nitrogens with zero attached hydrogens (tertiary/aromatic N) is 1. The van der Waals surface area contributed by atoms with Crippen molar-refractivity contribution in [2.75, 3.05) is 26.8 Å². The summed E-state index contributed by atoms with van der Waals surface area (Å²) in [7, 11) is 1.72. The fourth-order valence-electron chi connectivity index (χ4n) is 1.58. The molecule has 0 amide bonds. The third-order valence-electron chi connectivity index (χ3n) is 2.58. The monoisotopic (exact) mass is 234 g/mol. The van der Waals surface area contributed by atoms with Crippen LogP contribution in [0, 0.1) is 6.92 Å². The van der Waals surface area contributed by atoms with Gasteiger partial charge in [-0.3, -0.25) is 4.98 Å². The van der Waals surface area contributed by atoms with Crippen LogP contribution in [0.3, 0.4) is 0 Å². The summed E-state index contributed by atoms with van der Waals surface area (Å²) in [6, 6.07) is 2.16. The Kier molecular flexibility index (Phi) is 6.51. The number of rotatable bonds is 7. The molecule has 94 valence electrons. The van der Waals surface area contributed by atoms with Crippen molar-refractivity contribution in [1.29, 1.82) is 0 Å². The summed E-state index contributed by atoms with van der Waals surface area (Å²) >= 11 is 0. The van der Waals surface area contributed by atoms with E-state index in [0.29, 0.717) is 0 Å². The molecule has 0 aromatic carbocycles. The third-order valence-corrected chi connectivity index (χ3v) is 2.58. The number of methoxy groups -OCH3 is 1. The zero-order valence-electron chi connectivity index (χ0n) is 11.0. The van der Waals surface area contributed by atoms with Crippen LogP contribution in [-0.2, 0) is 4.74 Å². The van der Waals surface area contributed by atoms with Crippen molar-refractivity contribution in [3.05, 3.63) is 35.7 Å². The molecule has 1 N–H and O–H groups in total. The van der Waals surface area contributed by atoms with Gasteiger partial charge in [-0.25, -0.2) is 0 Å². The molecular formula is C14H22N2O. The number of nitrogens with one attached hydrogen (secondary N) is 1. The van der Waals surface area contributed by atoms with E-state index in [0.717, 1.165) is 26.1 Å². The standard InChI is InChI=1S/C14H22N2O/c1-12-9-14(11-16-10-12)13(2)5-4-6-15-7-8-17-3/h5,9-11,15H,4,6-8H2,1-3H3/b13-5-. The van der Waals surface area contributed by atoms with Gasteiger partial charge in [0.15, 0.2) is 0 Å². The summed E-state index contributed by atoms with van der Waals surface area (Å²) in [5.74, 6) is 0. The average Bonchev–Trinajstić information content (AvgIpc) is 2.33. The number of hydrogen-bond acceptors (Lipinski definition) is 3. The Balaban J connectivity index is 2.34. The molecule has 1 rings (SSSR count). The van der Waals surface area contributed by atoms with Gasteiger partial charge in [-0.05, 0) is 49.6 Å². The van der Waals surface area contributed by atoms with E-state index in [-0.39, 0.29) is 0 Å². The van der Waals surface area contributed by atoms with Crippen molar-refractivity contribution >= 4 is 5.57 Å². The molecule has 3 nitrogen and oxygen atoms in total. The van der Waals surface area contributed by atoms with Crippen LogP contribution >= 0.6 is 0 Å². The quantitative estimate of drug-likeness (QED) is 0.736. The highest BCUT2D eigenvalue weighted by Gasteiger charge is 1.96. The maximum Gasteiger partial charge on any atom is 0.0587 e. The SMILES string of the molecule is COCCNCC/C=C(/C)c1cncc(C)c1. The first-order valence-electron chi connectivity index (χ1n) is 6.02. The van der Waals surface area contributed by atoms with Crippen molar-refractivity contribution < 1.29 is 4.74 Å². The summed E-state index contributed by atoms with van der Waals surface area (Å²) in [4.78, 5) is 4.20. The van der Waals surface area contributed by atoms with Crippen LogP contribution in [0.1, 0.15) is 24.5 Å². The van der Waals surface area contributed by atoms with E-state index in [1.807, 2.05) is 12.4 Å². The summed E-state index contributed by atoms with van der Waals surface area (Å²) in [5.41, 5.74) is 3.70. The van der Waals surface area contributed by atoms with E-state index in [4.69, 9.17) is 4.74 Å². The van der Waals surface area contributed by atoms with Crippen LogP contribution in [0.5, 0.6) is 0 Å². The van der Waals surface area contributed by atoms with E-state index in [2.05, 4.69) is 36.3 Å². The average molecular weight is 234 g/mol. The molecule has 0 saturated heterocycles. The Hall–Kier alpha value is -1.19. The number of hydrogen-bond donors (Lipinski definition) is 1. The van der Waals surface area contributed by atoms with Gasteiger partial charge in [-0.2, -0.15) is 0 Å². The fraction of sp³-hybridized carbons (Fsp3) is 0.500. The molecule has 0 radical (unpaired) electrons. The van der Waals surface area contributed by atoms with E-state index in [1.54, 1.807) is 7.11 Å². The number of pyridine rings is 1. The molecular weight excluding hydrogens is 212 g/mol. The first-order chi connectivity index (χ1) is 8.24. The Morgan fingerprint density at radius 2 is 2.24 bits per heavy atom. The molecule has 0 atom stereocenters. The molecule has 0 aliphatic carbocycles. The van der Waals surface area contributed by atoms with Crippen molar-refractivity contribution in [2.24, 2.45) is 0 Å². The van der Waals surface area contributed by atoms with Crippen molar-refractivity contribution in [3.63, 3.8) is 0 Å². The summed E-state index contributed by atoms with van der Waals surface area (Å²) in [6.07, 6.45) is 7.07. The predicted molar refractivity (Wildman–Crippen MR) is 72.0 cm³/mol. The minimum Gasteiger partial charge on any atom is -0.383 e. The Morgan fingerprint density at radius 1 is 1.41 bits per heavy atom. The lowest BCUT2D eigenvalue weighted by molar-refractivity contribution is 0.199. The number of allylic oxidation sites excluding steroid dienone is 1. The lowest BCUT2D eigenvalue weighted by atomic mass is 10.1. The van der Waals surface area contributed by atoms with Crippen LogP contribution in [-0.4, -0.2) is 31.8 Å². The Bertz CT molecular complexity index is 361. The molecule has 0 fully saturated rings. The topological polar surface area (TPSA) is 34.1 Å². The van der Waals surface area contributed by atoms with Crippen molar-refractivity contribution in [1.82, 2.24) is 10.3 Å². The molecule has 3 heteroatoms. The largest absolute Gasteiger partial charge is 0.383 e. The van der Waals surface area contributed by atoms with Gasteiger partial charge >= 0.3 is 0 Å². The normalized spacial score (nSPS) is 11.8. The van der Waals surface area contributed by atoms with Gasteiger partial charge in [-0.1, -0.05) is 6.08 Å². The van der Waals surface area contributed by atoms with E-state index < -0.39 is 0 Å². The third kappa shape index (κ3) is 5.61. The Morgan fingerprint density at radius 3 is 2.94 bits per heavy atom. The van der Waals surface area contributed by atoms with E-state index in [1.165, 1.54) is 16.7 Å². The summed E-state index contributed by atoms with van der Waals surface area (Å²) in [5, 5.41) is 3.32. The lowest BCUT2D eigenvalue weighted by Gasteiger charge is -2.04. The summed E-state index contributed by atoms with van der Waals surface area (Å²) < 4.78 is 4.97. The first-order valence-corrected chi connectivity index (χ1v) is 6.02. The van der Waals surface area contributed by atoms with Gasteiger partial charge in [0.05, 0.1) is 6.61 Å². The van der Waals surface area contributed by atoms with Crippen LogP contribution in [0.25, 0.3) is 5.57 Å². The van der Waals surface area contributed by atoms with Crippen LogP contribution in [0.2, 0.25) is 0 Å². The number of aryl methyl sites for hydroxylation is 1. The molecule has 0 bridgehead atoms. The van der Waals surface area contributed by atoms with Gasteiger partial charge < -0.3 is 10.1 Å². The van der Waals surface area contributed by atoms with Crippen LogP contribution < -0.4 is 5.32 Å². The number of aromatic nitrogens is 1. The first kappa shape index (κ1) is 13.9. The fourth-order valence-corrected chi connectivity index (χ4v) is 1.58. The number of ether oxygens (including phenoxy) is 1.